The molecular weight excluding hydrogens is 238 g/mol. The number of hydrogen-bond donors (Lipinski definition) is 3. The maximum absolute atomic E-state index is 11.5. The molecule has 0 bridgehead atoms. The van der Waals surface area contributed by atoms with Crippen molar-refractivity contribution in [3.05, 3.63) is 35.4 Å². The number of ether oxygens (including phenoxy) is 1. The second kappa shape index (κ2) is 6.73. The van der Waals surface area contributed by atoms with Crippen molar-refractivity contribution in [2.75, 3.05) is 13.2 Å². The Bertz CT molecular complexity index is 432. The molecule has 0 saturated heterocycles. The van der Waals surface area contributed by atoms with E-state index >= 15 is 0 Å². The third kappa shape index (κ3) is 4.15. The van der Waals surface area contributed by atoms with Gasteiger partial charge >= 0.3 is 11.9 Å². The van der Waals surface area contributed by atoms with Crippen molar-refractivity contribution in [1.29, 1.82) is 0 Å². The first kappa shape index (κ1) is 14.1. The van der Waals surface area contributed by atoms with Crippen molar-refractivity contribution in [2.24, 2.45) is 5.73 Å². The Hall–Kier alpha value is -1.92. The average molecular weight is 253 g/mol. The van der Waals surface area contributed by atoms with E-state index in [-0.39, 0.29) is 19.6 Å². The minimum Gasteiger partial charge on any atom is -0.480 e. The van der Waals surface area contributed by atoms with Gasteiger partial charge in [-0.15, -0.1) is 0 Å². The number of nitrogens with two attached hydrogens (primary N) is 1. The Labute approximate surface area is 104 Å². The van der Waals surface area contributed by atoms with Gasteiger partial charge in [-0.25, -0.2) is 4.79 Å². The number of aliphatic carboxylic acids is 1. The summed E-state index contributed by atoms with van der Waals surface area (Å²) in [5.41, 5.74) is 6.35. The van der Waals surface area contributed by atoms with Crippen molar-refractivity contribution >= 4 is 11.9 Å². The van der Waals surface area contributed by atoms with E-state index in [4.69, 9.17) is 20.7 Å². The lowest BCUT2D eigenvalue weighted by Gasteiger charge is -2.08. The molecule has 0 spiro atoms. The van der Waals surface area contributed by atoms with Crippen LogP contribution in [0, 0.1) is 0 Å². The van der Waals surface area contributed by atoms with Crippen molar-refractivity contribution in [3.63, 3.8) is 0 Å². The van der Waals surface area contributed by atoms with Crippen LogP contribution in [0.4, 0.5) is 0 Å². The number of rotatable bonds is 6. The summed E-state index contributed by atoms with van der Waals surface area (Å²) in [6.45, 7) is -0.312. The average Bonchev–Trinajstić information content (AvgIpc) is 2.36. The van der Waals surface area contributed by atoms with E-state index in [1.54, 1.807) is 18.2 Å². The molecule has 0 saturated carbocycles. The second-order valence-corrected chi connectivity index (χ2v) is 3.71. The molecule has 98 valence electrons. The molecule has 18 heavy (non-hydrogen) atoms. The van der Waals surface area contributed by atoms with Gasteiger partial charge in [-0.2, -0.15) is 0 Å². The number of carbonyl (C=O) groups is 2. The molecule has 6 heteroatoms. The van der Waals surface area contributed by atoms with Gasteiger partial charge in [-0.3, -0.25) is 4.79 Å². The van der Waals surface area contributed by atoms with Crippen LogP contribution in [0.25, 0.3) is 0 Å². The number of aliphatic hydroxyl groups excluding tert-OH is 1. The van der Waals surface area contributed by atoms with Crippen LogP contribution in [0.5, 0.6) is 0 Å². The van der Waals surface area contributed by atoms with E-state index in [1.807, 2.05) is 0 Å². The smallest absolute Gasteiger partial charge is 0.338 e. The summed E-state index contributed by atoms with van der Waals surface area (Å²) in [5, 5.41) is 17.2. The van der Waals surface area contributed by atoms with Crippen LogP contribution in [0.1, 0.15) is 15.9 Å². The van der Waals surface area contributed by atoms with Gasteiger partial charge in [0.15, 0.2) is 0 Å². The molecule has 0 amide bonds. The third-order valence-corrected chi connectivity index (χ3v) is 2.26. The highest BCUT2D eigenvalue weighted by molar-refractivity contribution is 5.89. The SMILES string of the molecule is N[C@@H](Cc1cccc(C(=O)OCCO)c1)C(=O)O. The van der Waals surface area contributed by atoms with Crippen LogP contribution in [0.2, 0.25) is 0 Å². The second-order valence-electron chi connectivity index (χ2n) is 3.71. The zero-order chi connectivity index (χ0) is 13.5. The maximum Gasteiger partial charge on any atom is 0.338 e. The van der Waals surface area contributed by atoms with Crippen LogP contribution in [-0.2, 0) is 16.0 Å². The van der Waals surface area contributed by atoms with E-state index in [9.17, 15) is 9.59 Å². The van der Waals surface area contributed by atoms with E-state index in [0.717, 1.165) is 0 Å². The van der Waals surface area contributed by atoms with Gasteiger partial charge in [0.2, 0.25) is 0 Å². The lowest BCUT2D eigenvalue weighted by molar-refractivity contribution is -0.138. The molecule has 1 atom stereocenters. The van der Waals surface area contributed by atoms with Gasteiger partial charge in [-0.1, -0.05) is 12.1 Å². The molecule has 1 aromatic rings. The fourth-order valence-corrected chi connectivity index (χ4v) is 1.39. The number of carboxylic acids is 1. The number of hydrogen-bond acceptors (Lipinski definition) is 5. The first-order chi connectivity index (χ1) is 8.54. The molecule has 0 fully saturated rings. The lowest BCUT2D eigenvalue weighted by Crippen LogP contribution is -2.32. The summed E-state index contributed by atoms with van der Waals surface area (Å²) < 4.78 is 4.75. The van der Waals surface area contributed by atoms with Gasteiger partial charge < -0.3 is 20.7 Å². The predicted octanol–water partition coefficient (Wildman–Crippen LogP) is -0.210. The first-order valence-corrected chi connectivity index (χ1v) is 5.40. The molecule has 0 aliphatic rings. The summed E-state index contributed by atoms with van der Waals surface area (Å²) in [4.78, 5) is 22.1. The Morgan fingerprint density at radius 2 is 2.11 bits per heavy atom. The highest BCUT2D eigenvalue weighted by Gasteiger charge is 2.13. The topological polar surface area (TPSA) is 110 Å². The fraction of sp³-hybridized carbons (Fsp3) is 0.333. The Balaban J connectivity index is 2.73. The van der Waals surface area contributed by atoms with Crippen molar-refractivity contribution < 1.29 is 24.5 Å². The largest absolute Gasteiger partial charge is 0.480 e. The molecule has 1 rings (SSSR count). The third-order valence-electron chi connectivity index (χ3n) is 2.26. The molecule has 1 aromatic carbocycles. The Morgan fingerprint density at radius 3 is 2.72 bits per heavy atom. The van der Waals surface area contributed by atoms with Gasteiger partial charge in [-0.05, 0) is 24.1 Å². The van der Waals surface area contributed by atoms with Gasteiger partial charge in [0.1, 0.15) is 12.6 Å². The molecule has 0 heterocycles. The lowest BCUT2D eigenvalue weighted by atomic mass is 10.0. The Kier molecular flexibility index (Phi) is 5.29. The quantitative estimate of drug-likeness (QED) is 0.605. The fourth-order valence-electron chi connectivity index (χ4n) is 1.39. The molecule has 0 aliphatic heterocycles. The molecule has 0 unspecified atom stereocenters. The van der Waals surface area contributed by atoms with E-state index in [2.05, 4.69) is 0 Å². The van der Waals surface area contributed by atoms with E-state index in [0.29, 0.717) is 11.1 Å². The summed E-state index contributed by atoms with van der Waals surface area (Å²) in [6, 6.07) is 5.39. The van der Waals surface area contributed by atoms with Crippen LogP contribution in [0.3, 0.4) is 0 Å². The first-order valence-electron chi connectivity index (χ1n) is 5.40. The standard InChI is InChI=1S/C12H15NO5/c13-10(11(15)16)7-8-2-1-3-9(6-8)12(17)18-5-4-14/h1-3,6,10,14H,4-5,7,13H2,(H,15,16)/t10-/m0/s1. The summed E-state index contributed by atoms with van der Waals surface area (Å²) in [5.74, 6) is -1.65. The number of carboxylic acid groups (broad SMARTS) is 1. The Morgan fingerprint density at radius 1 is 1.39 bits per heavy atom. The molecular formula is C12H15NO5. The molecule has 0 radical (unpaired) electrons. The molecule has 4 N–H and O–H groups in total. The summed E-state index contributed by atoms with van der Waals surface area (Å²) in [7, 11) is 0. The molecule has 0 aliphatic carbocycles. The van der Waals surface area contributed by atoms with Gasteiger partial charge in [0, 0.05) is 0 Å². The van der Waals surface area contributed by atoms with Crippen molar-refractivity contribution in [2.45, 2.75) is 12.5 Å². The van der Waals surface area contributed by atoms with Crippen LogP contribution in [-0.4, -0.2) is 41.4 Å². The van der Waals surface area contributed by atoms with Crippen LogP contribution in [0.15, 0.2) is 24.3 Å². The van der Waals surface area contributed by atoms with Gasteiger partial charge in [0.05, 0.1) is 12.2 Å². The highest BCUT2D eigenvalue weighted by atomic mass is 16.5. The van der Waals surface area contributed by atoms with Crippen molar-refractivity contribution in [3.8, 4) is 0 Å². The normalized spacial score (nSPS) is 11.9. The molecule has 6 nitrogen and oxygen atoms in total. The summed E-state index contributed by atoms with van der Waals surface area (Å²) in [6.07, 6.45) is 0.135. The predicted molar refractivity (Wildman–Crippen MR) is 63.1 cm³/mol. The number of benzene rings is 1. The molecule has 0 aromatic heterocycles. The zero-order valence-electron chi connectivity index (χ0n) is 9.70. The van der Waals surface area contributed by atoms with E-state index < -0.39 is 18.0 Å². The number of esters is 1. The van der Waals surface area contributed by atoms with Crippen LogP contribution >= 0.6 is 0 Å². The minimum absolute atomic E-state index is 0.0717. The summed E-state index contributed by atoms with van der Waals surface area (Å²) >= 11 is 0. The minimum atomic E-state index is -1.09. The maximum atomic E-state index is 11.5. The van der Waals surface area contributed by atoms with E-state index in [1.165, 1.54) is 6.07 Å². The van der Waals surface area contributed by atoms with Crippen molar-refractivity contribution in [1.82, 2.24) is 0 Å². The monoisotopic (exact) mass is 253 g/mol. The number of carbonyl (C=O) groups excluding carboxylic acids is 1. The highest BCUT2D eigenvalue weighted by Crippen LogP contribution is 2.09. The zero-order valence-corrected chi connectivity index (χ0v) is 9.70. The number of aliphatic hydroxyl groups is 1. The van der Waals surface area contributed by atoms with Gasteiger partial charge in [0.25, 0.3) is 0 Å². The van der Waals surface area contributed by atoms with Crippen LogP contribution < -0.4 is 5.73 Å².